The third-order valence-corrected chi connectivity index (χ3v) is 10.2. The first kappa shape index (κ1) is 34.1. The smallest absolute Gasteiger partial charge is 0.407 e. The summed E-state index contributed by atoms with van der Waals surface area (Å²) in [5, 5.41) is 11.9. The second-order valence-corrected chi connectivity index (χ2v) is 13.7. The van der Waals surface area contributed by atoms with E-state index in [-0.39, 0.29) is 48.0 Å². The summed E-state index contributed by atoms with van der Waals surface area (Å²) in [4.78, 5) is 53.7. The normalized spacial score (nSPS) is 20.4. The number of carbonyl (C=O) groups excluding carboxylic acids is 4. The van der Waals surface area contributed by atoms with E-state index in [9.17, 15) is 19.2 Å². The van der Waals surface area contributed by atoms with E-state index in [4.69, 9.17) is 4.74 Å². The number of carbonyl (C=O) groups is 4. The first-order chi connectivity index (χ1) is 23.7. The number of hydrogen-bond donors (Lipinski definition) is 4. The van der Waals surface area contributed by atoms with Crippen LogP contribution >= 0.6 is 0 Å². The number of amides is 3. The summed E-state index contributed by atoms with van der Waals surface area (Å²) in [6, 6.07) is 24.8. The zero-order chi connectivity index (χ0) is 34.7. The molecule has 3 aromatic rings. The lowest BCUT2D eigenvalue weighted by atomic mass is 9.84. The van der Waals surface area contributed by atoms with Gasteiger partial charge in [-0.1, -0.05) is 92.7 Å². The maximum absolute atomic E-state index is 14.0. The highest BCUT2D eigenvalue weighted by atomic mass is 16.5. The SMILES string of the molecule is CN[C@@H](C)C(=O)N[C@H](C(=O)C1=C2C1C[C@@H](NC(=O)OCC1c3ccccc3-c3ccccc31)C[C@H]2C(=O)NCCc1ccccc1)C(C)C. The molecule has 1 fully saturated rings. The molecule has 256 valence electrons. The Labute approximate surface area is 288 Å². The third-order valence-electron chi connectivity index (χ3n) is 10.2. The number of hydrogen-bond acceptors (Lipinski definition) is 6. The van der Waals surface area contributed by atoms with E-state index in [0.29, 0.717) is 31.4 Å². The standard InChI is InChI=1S/C40H46N4O5/c1-23(2)36(44-38(46)24(3)41-4)37(45)35-31-20-26(21-32(34(31)35)39(47)42-19-18-25-12-6-5-7-13-25)43-40(48)49-22-33-29-16-10-8-14-27(29)28-15-9-11-17-30(28)33/h5-17,23-24,26,31-33,36,41H,18-22H2,1-4H3,(H,42,47)(H,43,48)(H,44,46)/t24-,26+,31?,32+,36-/m0/s1. The molecular formula is C40H46N4O5. The Bertz CT molecular complexity index is 1710. The summed E-state index contributed by atoms with van der Waals surface area (Å²) in [5.74, 6) is -1.58. The number of alkyl carbamates (subject to hydrolysis) is 1. The average Bonchev–Trinajstić information content (AvgIpc) is 3.75. The summed E-state index contributed by atoms with van der Waals surface area (Å²) in [5.41, 5.74) is 7.12. The molecule has 0 radical (unpaired) electrons. The number of ketones is 1. The number of likely N-dealkylation sites (N-methyl/N-ethyl adjacent to an activating group) is 1. The van der Waals surface area contributed by atoms with Gasteiger partial charge >= 0.3 is 6.09 Å². The molecule has 0 saturated heterocycles. The summed E-state index contributed by atoms with van der Waals surface area (Å²) in [7, 11) is 1.70. The van der Waals surface area contributed by atoms with Gasteiger partial charge in [0, 0.05) is 30.0 Å². The lowest BCUT2D eigenvalue weighted by molar-refractivity contribution is -0.128. The van der Waals surface area contributed by atoms with Crippen LogP contribution in [-0.2, 0) is 25.5 Å². The molecule has 3 aromatic carbocycles. The quantitative estimate of drug-likeness (QED) is 0.206. The van der Waals surface area contributed by atoms with Crippen molar-refractivity contribution in [1.29, 1.82) is 0 Å². The average molecular weight is 663 g/mol. The summed E-state index contributed by atoms with van der Waals surface area (Å²) in [6.07, 6.45) is 1.00. The Morgan fingerprint density at radius 2 is 1.47 bits per heavy atom. The molecule has 4 N–H and O–H groups in total. The Kier molecular flexibility index (Phi) is 10.3. The molecule has 5 atom stereocenters. The van der Waals surface area contributed by atoms with Crippen molar-refractivity contribution >= 4 is 23.7 Å². The minimum Gasteiger partial charge on any atom is -0.449 e. The van der Waals surface area contributed by atoms with Gasteiger partial charge in [-0.25, -0.2) is 4.79 Å². The van der Waals surface area contributed by atoms with Crippen LogP contribution in [-0.4, -0.2) is 62.0 Å². The highest BCUT2D eigenvalue weighted by molar-refractivity contribution is 6.08. The molecule has 3 aliphatic carbocycles. The summed E-state index contributed by atoms with van der Waals surface area (Å²) < 4.78 is 5.84. The van der Waals surface area contributed by atoms with E-state index in [1.807, 2.05) is 68.4 Å². The van der Waals surface area contributed by atoms with E-state index in [1.54, 1.807) is 14.0 Å². The Hall–Kier alpha value is -4.76. The van der Waals surface area contributed by atoms with Crippen molar-refractivity contribution in [3.8, 4) is 11.1 Å². The molecule has 9 nitrogen and oxygen atoms in total. The fourth-order valence-electron chi connectivity index (χ4n) is 7.45. The van der Waals surface area contributed by atoms with Gasteiger partial charge in [0.15, 0.2) is 5.78 Å². The molecule has 9 heteroatoms. The van der Waals surface area contributed by atoms with Gasteiger partial charge in [-0.2, -0.15) is 0 Å². The minimum atomic E-state index is -0.716. The number of benzene rings is 3. The molecule has 49 heavy (non-hydrogen) atoms. The maximum atomic E-state index is 14.0. The molecule has 0 bridgehead atoms. The minimum absolute atomic E-state index is 0.0672. The van der Waals surface area contributed by atoms with Crippen molar-refractivity contribution in [1.82, 2.24) is 21.3 Å². The van der Waals surface area contributed by atoms with Crippen molar-refractivity contribution < 1.29 is 23.9 Å². The van der Waals surface area contributed by atoms with E-state index in [2.05, 4.69) is 45.5 Å². The second-order valence-electron chi connectivity index (χ2n) is 13.7. The molecule has 0 spiro atoms. The van der Waals surface area contributed by atoms with Gasteiger partial charge in [-0.05, 0) is 72.5 Å². The topological polar surface area (TPSA) is 126 Å². The second kappa shape index (κ2) is 14.8. The van der Waals surface area contributed by atoms with Gasteiger partial charge < -0.3 is 26.0 Å². The Morgan fingerprint density at radius 1 is 0.837 bits per heavy atom. The fourth-order valence-corrected chi connectivity index (χ4v) is 7.45. The number of rotatable bonds is 13. The van der Waals surface area contributed by atoms with Crippen molar-refractivity contribution in [2.75, 3.05) is 20.2 Å². The van der Waals surface area contributed by atoms with Gasteiger partial charge in [0.1, 0.15) is 6.61 Å². The maximum Gasteiger partial charge on any atom is 0.407 e. The van der Waals surface area contributed by atoms with Crippen LogP contribution in [0.1, 0.15) is 56.2 Å². The van der Waals surface area contributed by atoms with Crippen LogP contribution < -0.4 is 21.3 Å². The van der Waals surface area contributed by atoms with E-state index in [1.165, 1.54) is 0 Å². The largest absolute Gasteiger partial charge is 0.449 e. The molecule has 1 saturated carbocycles. The lowest BCUT2D eigenvalue weighted by Gasteiger charge is -2.28. The van der Waals surface area contributed by atoms with Crippen LogP contribution in [0.5, 0.6) is 0 Å². The molecule has 0 aromatic heterocycles. The molecule has 1 unspecified atom stereocenters. The van der Waals surface area contributed by atoms with Crippen molar-refractivity contribution in [3.63, 3.8) is 0 Å². The predicted molar refractivity (Wildman–Crippen MR) is 189 cm³/mol. The van der Waals surface area contributed by atoms with Gasteiger partial charge in [0.25, 0.3) is 0 Å². The molecule has 3 aliphatic rings. The Balaban J connectivity index is 1.14. The molecule has 0 aliphatic heterocycles. The zero-order valence-electron chi connectivity index (χ0n) is 28.6. The predicted octanol–water partition coefficient (Wildman–Crippen LogP) is 4.91. The van der Waals surface area contributed by atoms with Crippen LogP contribution in [0, 0.1) is 17.8 Å². The first-order valence-electron chi connectivity index (χ1n) is 17.4. The van der Waals surface area contributed by atoms with Crippen molar-refractivity contribution in [2.45, 2.75) is 64.1 Å². The first-order valence-corrected chi connectivity index (χ1v) is 17.4. The van der Waals surface area contributed by atoms with Gasteiger partial charge in [0.2, 0.25) is 11.8 Å². The summed E-state index contributed by atoms with van der Waals surface area (Å²) >= 11 is 0. The zero-order valence-corrected chi connectivity index (χ0v) is 28.6. The van der Waals surface area contributed by atoms with Crippen molar-refractivity contribution in [2.24, 2.45) is 17.8 Å². The van der Waals surface area contributed by atoms with Crippen LogP contribution in [0.2, 0.25) is 0 Å². The molecule has 0 heterocycles. The van der Waals surface area contributed by atoms with E-state index >= 15 is 0 Å². The highest BCUT2D eigenvalue weighted by Gasteiger charge is 2.53. The van der Waals surface area contributed by atoms with Crippen LogP contribution in [0.4, 0.5) is 4.79 Å². The van der Waals surface area contributed by atoms with Crippen LogP contribution in [0.25, 0.3) is 11.1 Å². The number of nitrogens with one attached hydrogen (secondary N) is 4. The molecular weight excluding hydrogens is 616 g/mol. The fraction of sp³-hybridized carbons (Fsp3) is 0.400. The van der Waals surface area contributed by atoms with E-state index in [0.717, 1.165) is 33.4 Å². The van der Waals surface area contributed by atoms with Crippen LogP contribution in [0.15, 0.2) is 90.0 Å². The highest BCUT2D eigenvalue weighted by Crippen LogP contribution is 2.53. The molecule has 6 rings (SSSR count). The lowest BCUT2D eigenvalue weighted by Crippen LogP contribution is -2.50. The number of Topliss-reactive ketones (excluding diaryl/α,β-unsaturated/α-hetero) is 1. The van der Waals surface area contributed by atoms with Gasteiger partial charge in [-0.15, -0.1) is 0 Å². The van der Waals surface area contributed by atoms with Crippen molar-refractivity contribution in [3.05, 3.63) is 107 Å². The van der Waals surface area contributed by atoms with E-state index < -0.39 is 24.1 Å². The molecule has 3 amide bonds. The monoisotopic (exact) mass is 662 g/mol. The summed E-state index contributed by atoms with van der Waals surface area (Å²) in [6.45, 7) is 6.19. The van der Waals surface area contributed by atoms with Gasteiger partial charge in [0.05, 0.1) is 18.0 Å². The number of ether oxygens (including phenoxy) is 1. The number of fused-ring (bicyclic) bond motifs is 4. The Morgan fingerprint density at radius 3 is 2.10 bits per heavy atom. The third kappa shape index (κ3) is 7.32. The van der Waals surface area contributed by atoms with Gasteiger partial charge in [-0.3, -0.25) is 14.4 Å². The van der Waals surface area contributed by atoms with Crippen LogP contribution in [0.3, 0.4) is 0 Å².